The van der Waals surface area contributed by atoms with Crippen molar-refractivity contribution in [1.82, 2.24) is 0 Å². The number of esters is 1. The summed E-state index contributed by atoms with van der Waals surface area (Å²) < 4.78 is 33.7. The maximum absolute atomic E-state index is 14.4. The van der Waals surface area contributed by atoms with Crippen LogP contribution in [0, 0.1) is 11.6 Å². The van der Waals surface area contributed by atoms with Gasteiger partial charge in [-0.1, -0.05) is 0 Å². The lowest BCUT2D eigenvalue weighted by Gasteiger charge is -2.17. The SMILES string of the molecule is CCOC(=O)CC(N)c1c(F)c(Br)c2c(c1F)CCC2. The summed E-state index contributed by atoms with van der Waals surface area (Å²) in [5.74, 6) is -1.88. The summed E-state index contributed by atoms with van der Waals surface area (Å²) in [6, 6.07) is -1.05. The molecule has 0 radical (unpaired) electrons. The van der Waals surface area contributed by atoms with Gasteiger partial charge in [0.2, 0.25) is 0 Å². The van der Waals surface area contributed by atoms with E-state index >= 15 is 0 Å². The van der Waals surface area contributed by atoms with Crippen LogP contribution in [0.15, 0.2) is 4.47 Å². The van der Waals surface area contributed by atoms with E-state index < -0.39 is 23.6 Å². The van der Waals surface area contributed by atoms with Crippen molar-refractivity contribution < 1.29 is 18.3 Å². The lowest BCUT2D eigenvalue weighted by molar-refractivity contribution is -0.143. The lowest BCUT2D eigenvalue weighted by atomic mass is 9.97. The Morgan fingerprint density at radius 2 is 2.00 bits per heavy atom. The average molecular weight is 348 g/mol. The molecule has 0 heterocycles. The van der Waals surface area contributed by atoms with Gasteiger partial charge in [-0.05, 0) is 53.2 Å². The van der Waals surface area contributed by atoms with Crippen molar-refractivity contribution in [3.05, 3.63) is 32.8 Å². The van der Waals surface area contributed by atoms with E-state index in [0.29, 0.717) is 24.0 Å². The second-order valence-electron chi connectivity index (χ2n) is 4.78. The van der Waals surface area contributed by atoms with Crippen molar-refractivity contribution in [2.45, 2.75) is 38.6 Å². The van der Waals surface area contributed by atoms with Gasteiger partial charge in [0.25, 0.3) is 0 Å². The fourth-order valence-electron chi connectivity index (χ4n) is 2.56. The van der Waals surface area contributed by atoms with Crippen LogP contribution in [0.5, 0.6) is 0 Å². The first kappa shape index (κ1) is 15.4. The Bertz CT molecular complexity index is 549. The van der Waals surface area contributed by atoms with Crippen molar-refractivity contribution in [2.75, 3.05) is 6.61 Å². The van der Waals surface area contributed by atoms with Gasteiger partial charge in [-0.3, -0.25) is 4.79 Å². The van der Waals surface area contributed by atoms with Gasteiger partial charge < -0.3 is 10.5 Å². The summed E-state index contributed by atoms with van der Waals surface area (Å²) in [4.78, 5) is 11.4. The molecular weight excluding hydrogens is 332 g/mol. The lowest BCUT2D eigenvalue weighted by Crippen LogP contribution is -2.21. The van der Waals surface area contributed by atoms with Gasteiger partial charge in [0.1, 0.15) is 11.6 Å². The molecule has 0 spiro atoms. The summed E-state index contributed by atoms with van der Waals surface area (Å²) >= 11 is 3.17. The number of nitrogens with two attached hydrogens (primary N) is 1. The van der Waals surface area contributed by atoms with Gasteiger partial charge in [0.15, 0.2) is 0 Å². The number of halogens is 3. The molecule has 1 aromatic carbocycles. The fourth-order valence-corrected chi connectivity index (χ4v) is 3.22. The molecule has 1 aliphatic rings. The molecule has 6 heteroatoms. The largest absolute Gasteiger partial charge is 0.466 e. The van der Waals surface area contributed by atoms with Crippen LogP contribution in [-0.2, 0) is 22.4 Å². The highest BCUT2D eigenvalue weighted by Crippen LogP contribution is 2.38. The molecule has 0 saturated carbocycles. The van der Waals surface area contributed by atoms with Crippen LogP contribution in [0.2, 0.25) is 0 Å². The highest BCUT2D eigenvalue weighted by atomic mass is 79.9. The summed E-state index contributed by atoms with van der Waals surface area (Å²) in [6.45, 7) is 1.88. The first-order valence-electron chi connectivity index (χ1n) is 6.56. The Morgan fingerprint density at radius 1 is 1.35 bits per heavy atom. The molecular formula is C14H16BrF2NO2. The number of carbonyl (C=O) groups is 1. The molecule has 0 bridgehead atoms. The number of hydrogen-bond donors (Lipinski definition) is 1. The van der Waals surface area contributed by atoms with E-state index in [0.717, 1.165) is 6.42 Å². The zero-order chi connectivity index (χ0) is 14.9. The maximum atomic E-state index is 14.4. The Balaban J connectivity index is 2.37. The maximum Gasteiger partial charge on any atom is 0.307 e. The first-order chi connectivity index (χ1) is 9.47. The molecule has 1 unspecified atom stereocenters. The van der Waals surface area contributed by atoms with Gasteiger partial charge in [0, 0.05) is 11.6 Å². The minimum atomic E-state index is -1.05. The number of ether oxygens (including phenoxy) is 1. The summed E-state index contributed by atoms with van der Waals surface area (Å²) in [7, 11) is 0. The Hall–Kier alpha value is -1.01. The van der Waals surface area contributed by atoms with Crippen LogP contribution in [0.1, 0.15) is 42.5 Å². The summed E-state index contributed by atoms with van der Waals surface area (Å²) in [5, 5.41) is 0. The number of carbonyl (C=O) groups excluding carboxylic acids is 1. The molecule has 3 nitrogen and oxygen atoms in total. The van der Waals surface area contributed by atoms with Crippen LogP contribution < -0.4 is 5.73 Å². The molecule has 2 N–H and O–H groups in total. The molecule has 0 amide bonds. The average Bonchev–Trinajstić information content (AvgIpc) is 2.86. The second kappa shape index (κ2) is 6.18. The van der Waals surface area contributed by atoms with Gasteiger partial charge in [-0.15, -0.1) is 0 Å². The van der Waals surface area contributed by atoms with E-state index in [1.807, 2.05) is 0 Å². The van der Waals surface area contributed by atoms with E-state index in [2.05, 4.69) is 15.9 Å². The van der Waals surface area contributed by atoms with Crippen molar-refractivity contribution in [3.8, 4) is 0 Å². The fraction of sp³-hybridized carbons (Fsp3) is 0.500. The highest BCUT2D eigenvalue weighted by Gasteiger charge is 2.29. The number of rotatable bonds is 4. The molecule has 2 rings (SSSR count). The van der Waals surface area contributed by atoms with Crippen molar-refractivity contribution in [3.63, 3.8) is 0 Å². The second-order valence-corrected chi connectivity index (χ2v) is 5.57. The predicted molar refractivity (Wildman–Crippen MR) is 74.3 cm³/mol. The predicted octanol–water partition coefficient (Wildman–Crippen LogP) is 3.17. The Labute approximate surface area is 124 Å². The molecule has 0 saturated heterocycles. The quantitative estimate of drug-likeness (QED) is 0.672. The van der Waals surface area contributed by atoms with Crippen molar-refractivity contribution in [2.24, 2.45) is 5.73 Å². The van der Waals surface area contributed by atoms with Gasteiger partial charge in [-0.25, -0.2) is 8.78 Å². The van der Waals surface area contributed by atoms with Crippen molar-refractivity contribution in [1.29, 1.82) is 0 Å². The molecule has 110 valence electrons. The van der Waals surface area contributed by atoms with Crippen LogP contribution in [-0.4, -0.2) is 12.6 Å². The van der Waals surface area contributed by atoms with Crippen molar-refractivity contribution >= 4 is 21.9 Å². The third-order valence-electron chi connectivity index (χ3n) is 3.48. The highest BCUT2D eigenvalue weighted by molar-refractivity contribution is 9.10. The number of hydrogen-bond acceptors (Lipinski definition) is 3. The number of benzene rings is 1. The molecule has 1 aromatic rings. The van der Waals surface area contributed by atoms with E-state index in [4.69, 9.17) is 10.5 Å². The van der Waals surface area contributed by atoms with Crippen LogP contribution in [0.3, 0.4) is 0 Å². The van der Waals surface area contributed by atoms with Gasteiger partial charge in [0.05, 0.1) is 17.5 Å². The molecule has 1 aliphatic carbocycles. The topological polar surface area (TPSA) is 52.3 Å². The third-order valence-corrected chi connectivity index (χ3v) is 4.30. The minimum Gasteiger partial charge on any atom is -0.466 e. The smallest absolute Gasteiger partial charge is 0.307 e. The third kappa shape index (κ3) is 2.72. The van der Waals surface area contributed by atoms with Gasteiger partial charge >= 0.3 is 5.97 Å². The van der Waals surface area contributed by atoms with Crippen LogP contribution in [0.25, 0.3) is 0 Å². The number of fused-ring (bicyclic) bond motifs is 1. The Kier molecular flexibility index (Phi) is 4.75. The standard InChI is InChI=1S/C14H16BrF2NO2/c1-2-20-10(19)6-9(18)11-13(16)8-5-3-4-7(8)12(15)14(11)17/h9H,2-6,18H2,1H3. The molecule has 0 aromatic heterocycles. The zero-order valence-electron chi connectivity index (χ0n) is 11.1. The normalized spacial score (nSPS) is 15.1. The summed E-state index contributed by atoms with van der Waals surface area (Å²) in [6.07, 6.45) is 1.77. The van der Waals surface area contributed by atoms with E-state index in [-0.39, 0.29) is 23.1 Å². The minimum absolute atomic E-state index is 0.213. The summed E-state index contributed by atoms with van der Waals surface area (Å²) in [5.41, 5.74) is 6.74. The monoisotopic (exact) mass is 347 g/mol. The molecule has 1 atom stereocenters. The first-order valence-corrected chi connectivity index (χ1v) is 7.35. The molecule has 20 heavy (non-hydrogen) atoms. The van der Waals surface area contributed by atoms with E-state index in [1.54, 1.807) is 6.92 Å². The van der Waals surface area contributed by atoms with Crippen LogP contribution >= 0.6 is 15.9 Å². The molecule has 0 fully saturated rings. The zero-order valence-corrected chi connectivity index (χ0v) is 12.7. The van der Waals surface area contributed by atoms with Gasteiger partial charge in [-0.2, -0.15) is 0 Å². The van der Waals surface area contributed by atoms with E-state index in [1.165, 1.54) is 0 Å². The molecule has 0 aliphatic heterocycles. The Morgan fingerprint density at radius 3 is 2.65 bits per heavy atom. The van der Waals surface area contributed by atoms with E-state index in [9.17, 15) is 13.6 Å². The van der Waals surface area contributed by atoms with Crippen LogP contribution in [0.4, 0.5) is 8.78 Å².